The lowest BCUT2D eigenvalue weighted by molar-refractivity contribution is -0.137. The molecule has 0 N–H and O–H groups in total. The van der Waals surface area contributed by atoms with Gasteiger partial charge in [-0.2, -0.15) is 13.2 Å². The number of alkyl halides is 3. The van der Waals surface area contributed by atoms with E-state index in [1.165, 1.54) is 24.3 Å². The van der Waals surface area contributed by atoms with Gasteiger partial charge in [0, 0.05) is 6.42 Å². The molecule has 114 valence electrons. The van der Waals surface area contributed by atoms with Crippen LogP contribution < -0.4 is 0 Å². The number of benzene rings is 2. The van der Waals surface area contributed by atoms with Crippen LogP contribution in [-0.4, -0.2) is 0 Å². The van der Waals surface area contributed by atoms with Crippen molar-refractivity contribution in [1.29, 1.82) is 0 Å². The number of furan rings is 1. The average Bonchev–Trinajstić information content (AvgIpc) is 2.87. The number of rotatable bonds is 2. The minimum Gasteiger partial charge on any atom is -0.459 e. The molecule has 1 aromatic heterocycles. The lowest BCUT2D eigenvalue weighted by Crippen LogP contribution is -2.05. The van der Waals surface area contributed by atoms with Gasteiger partial charge in [-0.05, 0) is 45.8 Å². The second-order valence-corrected chi connectivity index (χ2v) is 5.71. The van der Waals surface area contributed by atoms with Crippen LogP contribution in [0.5, 0.6) is 0 Å². The van der Waals surface area contributed by atoms with Crippen molar-refractivity contribution >= 4 is 26.9 Å². The highest BCUT2D eigenvalue weighted by atomic mass is 79.9. The summed E-state index contributed by atoms with van der Waals surface area (Å²) >= 11 is 3.26. The van der Waals surface area contributed by atoms with Crippen LogP contribution in [0.15, 0.2) is 51.4 Å². The quantitative estimate of drug-likeness (QED) is 0.507. The fraction of sp³-hybridized carbons (Fsp3) is 0.125. The molecular formula is C16H9BrF4O. The van der Waals surface area contributed by atoms with Crippen molar-refractivity contribution in [3.63, 3.8) is 0 Å². The van der Waals surface area contributed by atoms with Crippen LogP contribution in [-0.2, 0) is 12.6 Å². The standard InChI is InChI=1S/C16H9BrF4O/c17-13-4-5-14(18)12-8-11(22-15(12)13)7-9-2-1-3-10(6-9)16(19,20)21/h1-6,8H,7H2. The second kappa shape index (κ2) is 5.43. The summed E-state index contributed by atoms with van der Waals surface area (Å²) in [6.07, 6.45) is -4.23. The first-order chi connectivity index (χ1) is 10.3. The summed E-state index contributed by atoms with van der Waals surface area (Å²) in [6, 6.07) is 9.34. The number of fused-ring (bicyclic) bond motifs is 1. The molecule has 0 aliphatic carbocycles. The van der Waals surface area contributed by atoms with Crippen LogP contribution >= 0.6 is 15.9 Å². The number of halogens is 5. The third kappa shape index (κ3) is 2.88. The minimum atomic E-state index is -4.39. The highest BCUT2D eigenvalue weighted by molar-refractivity contribution is 9.10. The molecule has 0 amide bonds. The van der Waals surface area contributed by atoms with Crippen molar-refractivity contribution in [3.05, 3.63) is 69.6 Å². The lowest BCUT2D eigenvalue weighted by atomic mass is 10.1. The van der Waals surface area contributed by atoms with Crippen LogP contribution in [0.3, 0.4) is 0 Å². The van der Waals surface area contributed by atoms with E-state index < -0.39 is 17.6 Å². The van der Waals surface area contributed by atoms with Gasteiger partial charge in [0.05, 0.1) is 15.4 Å². The van der Waals surface area contributed by atoms with E-state index in [2.05, 4.69) is 15.9 Å². The Bertz CT molecular complexity index is 797. The highest BCUT2D eigenvalue weighted by Gasteiger charge is 2.30. The summed E-state index contributed by atoms with van der Waals surface area (Å²) in [5.74, 6) is -0.0302. The van der Waals surface area contributed by atoms with Gasteiger partial charge in [0.25, 0.3) is 0 Å². The first kappa shape index (κ1) is 15.1. The summed E-state index contributed by atoms with van der Waals surface area (Å²) in [5.41, 5.74) is 0.0841. The zero-order valence-corrected chi connectivity index (χ0v) is 12.6. The number of hydrogen-bond acceptors (Lipinski definition) is 1. The molecule has 0 radical (unpaired) electrons. The fourth-order valence-electron chi connectivity index (χ4n) is 2.25. The SMILES string of the molecule is Fc1ccc(Br)c2oc(Cc3cccc(C(F)(F)F)c3)cc12. The Hall–Kier alpha value is -1.82. The van der Waals surface area contributed by atoms with Crippen molar-refractivity contribution in [3.8, 4) is 0 Å². The Balaban J connectivity index is 1.97. The Kier molecular flexibility index (Phi) is 3.72. The largest absolute Gasteiger partial charge is 0.459 e. The van der Waals surface area contributed by atoms with E-state index in [0.29, 0.717) is 26.8 Å². The molecule has 0 atom stereocenters. The zero-order chi connectivity index (χ0) is 15.9. The Labute approximate surface area is 131 Å². The second-order valence-electron chi connectivity index (χ2n) is 4.86. The molecule has 1 heterocycles. The lowest BCUT2D eigenvalue weighted by Gasteiger charge is -2.07. The molecular weight excluding hydrogens is 364 g/mol. The summed E-state index contributed by atoms with van der Waals surface area (Å²) in [4.78, 5) is 0. The molecule has 22 heavy (non-hydrogen) atoms. The van der Waals surface area contributed by atoms with Gasteiger partial charge in [0.2, 0.25) is 0 Å². The van der Waals surface area contributed by atoms with E-state index in [-0.39, 0.29) is 6.42 Å². The monoisotopic (exact) mass is 372 g/mol. The van der Waals surface area contributed by atoms with E-state index >= 15 is 0 Å². The van der Waals surface area contributed by atoms with Crippen molar-refractivity contribution in [2.45, 2.75) is 12.6 Å². The average molecular weight is 373 g/mol. The predicted molar refractivity (Wildman–Crippen MR) is 78.1 cm³/mol. The first-order valence-corrected chi connectivity index (χ1v) is 7.16. The third-order valence-corrected chi connectivity index (χ3v) is 3.89. The van der Waals surface area contributed by atoms with Crippen LogP contribution in [0, 0.1) is 5.82 Å². The molecule has 0 spiro atoms. The van der Waals surface area contributed by atoms with Crippen LogP contribution in [0.25, 0.3) is 11.0 Å². The Morgan fingerprint density at radius 2 is 1.82 bits per heavy atom. The van der Waals surface area contributed by atoms with Crippen LogP contribution in [0.1, 0.15) is 16.9 Å². The molecule has 2 aromatic carbocycles. The minimum absolute atomic E-state index is 0.157. The van der Waals surface area contributed by atoms with Gasteiger partial charge in [-0.15, -0.1) is 0 Å². The van der Waals surface area contributed by atoms with E-state index in [0.717, 1.165) is 12.1 Å². The zero-order valence-electron chi connectivity index (χ0n) is 11.0. The van der Waals surface area contributed by atoms with Crippen molar-refractivity contribution in [2.24, 2.45) is 0 Å². The Morgan fingerprint density at radius 3 is 2.50 bits per heavy atom. The van der Waals surface area contributed by atoms with E-state index in [4.69, 9.17) is 4.42 Å². The molecule has 1 nitrogen and oxygen atoms in total. The summed E-state index contributed by atoms with van der Waals surface area (Å²) in [5, 5.41) is 0.302. The normalized spacial score (nSPS) is 12.0. The van der Waals surface area contributed by atoms with Crippen molar-refractivity contribution in [1.82, 2.24) is 0 Å². The summed E-state index contributed by atoms with van der Waals surface area (Å²) in [7, 11) is 0. The topological polar surface area (TPSA) is 13.1 Å². The molecule has 3 aromatic rings. The van der Waals surface area contributed by atoms with Gasteiger partial charge < -0.3 is 4.42 Å². The van der Waals surface area contributed by atoms with Gasteiger partial charge >= 0.3 is 6.18 Å². The van der Waals surface area contributed by atoms with Gasteiger partial charge in [-0.1, -0.05) is 18.2 Å². The van der Waals surface area contributed by atoms with E-state index in [9.17, 15) is 17.6 Å². The molecule has 3 rings (SSSR count). The van der Waals surface area contributed by atoms with Gasteiger partial charge in [-0.3, -0.25) is 0 Å². The molecule has 0 unspecified atom stereocenters. The smallest absolute Gasteiger partial charge is 0.416 e. The maximum atomic E-state index is 13.7. The first-order valence-electron chi connectivity index (χ1n) is 6.37. The molecule has 0 aliphatic rings. The maximum absolute atomic E-state index is 13.7. The molecule has 0 bridgehead atoms. The fourth-order valence-corrected chi connectivity index (χ4v) is 2.68. The maximum Gasteiger partial charge on any atom is 0.416 e. The molecule has 0 aliphatic heterocycles. The highest BCUT2D eigenvalue weighted by Crippen LogP contribution is 2.32. The number of hydrogen-bond donors (Lipinski definition) is 0. The Morgan fingerprint density at radius 1 is 1.05 bits per heavy atom. The molecule has 0 saturated heterocycles. The van der Waals surface area contributed by atoms with Crippen LogP contribution in [0.4, 0.5) is 17.6 Å². The van der Waals surface area contributed by atoms with Crippen LogP contribution in [0.2, 0.25) is 0 Å². The van der Waals surface area contributed by atoms with Gasteiger partial charge in [0.1, 0.15) is 11.6 Å². The van der Waals surface area contributed by atoms with E-state index in [1.54, 1.807) is 6.07 Å². The van der Waals surface area contributed by atoms with Crippen molar-refractivity contribution < 1.29 is 22.0 Å². The molecule has 0 fully saturated rings. The predicted octanol–water partition coefficient (Wildman–Crippen LogP) is 5.94. The molecule has 0 saturated carbocycles. The summed E-state index contributed by atoms with van der Waals surface area (Å²) in [6.45, 7) is 0. The summed E-state index contributed by atoms with van der Waals surface area (Å²) < 4.78 is 57.9. The van der Waals surface area contributed by atoms with Crippen molar-refractivity contribution in [2.75, 3.05) is 0 Å². The van der Waals surface area contributed by atoms with Gasteiger partial charge in [0.15, 0.2) is 5.58 Å². The molecule has 6 heteroatoms. The third-order valence-electron chi connectivity index (χ3n) is 3.27. The van der Waals surface area contributed by atoms with E-state index in [1.807, 2.05) is 0 Å². The van der Waals surface area contributed by atoms with Gasteiger partial charge in [-0.25, -0.2) is 4.39 Å².